The Morgan fingerprint density at radius 2 is 1.94 bits per heavy atom. The quantitative estimate of drug-likeness (QED) is 0.596. The van der Waals surface area contributed by atoms with Gasteiger partial charge in [0.1, 0.15) is 5.82 Å². The summed E-state index contributed by atoms with van der Waals surface area (Å²) in [6, 6.07) is 14.3. The summed E-state index contributed by atoms with van der Waals surface area (Å²) in [5.74, 6) is 0.900. The third-order valence-electron chi connectivity index (χ3n) is 2.57. The van der Waals surface area contributed by atoms with Crippen molar-refractivity contribution < 1.29 is 0 Å². The van der Waals surface area contributed by atoms with Gasteiger partial charge in [-0.05, 0) is 52.9 Å². The van der Waals surface area contributed by atoms with Crippen LogP contribution in [0.25, 0.3) is 22.4 Å². The molecule has 0 unspecified atom stereocenters. The number of hydrogen-bond donors (Lipinski definition) is 1. The van der Waals surface area contributed by atoms with Gasteiger partial charge in [-0.25, -0.2) is 4.98 Å². The highest BCUT2D eigenvalue weighted by molar-refractivity contribution is 14.1. The van der Waals surface area contributed by atoms with Gasteiger partial charge in [0.2, 0.25) is 0 Å². The summed E-state index contributed by atoms with van der Waals surface area (Å²) in [4.78, 5) is 7.93. The first-order chi connectivity index (χ1) is 8.24. The maximum absolute atomic E-state index is 4.60. The number of halogens is 2. The normalized spacial score (nSPS) is 10.9. The van der Waals surface area contributed by atoms with Gasteiger partial charge in [-0.15, -0.1) is 0 Å². The Morgan fingerprint density at radius 1 is 1.12 bits per heavy atom. The molecule has 1 heterocycles. The maximum Gasteiger partial charge on any atom is 0.139 e. The molecule has 0 radical (unpaired) electrons. The second-order valence-electron chi connectivity index (χ2n) is 3.73. The van der Waals surface area contributed by atoms with E-state index in [1.165, 1.54) is 3.57 Å². The predicted octanol–water partition coefficient (Wildman–Crippen LogP) is 4.60. The minimum absolute atomic E-state index is 0.900. The molecule has 3 aromatic rings. The molecule has 4 heteroatoms. The highest BCUT2D eigenvalue weighted by Gasteiger charge is 2.08. The lowest BCUT2D eigenvalue weighted by atomic mass is 10.2. The molecule has 1 aromatic heterocycles. The number of fused-ring (bicyclic) bond motifs is 1. The van der Waals surface area contributed by atoms with Crippen molar-refractivity contribution in [2.75, 3.05) is 0 Å². The van der Waals surface area contributed by atoms with E-state index >= 15 is 0 Å². The van der Waals surface area contributed by atoms with E-state index < -0.39 is 0 Å². The summed E-state index contributed by atoms with van der Waals surface area (Å²) >= 11 is 5.87. The first-order valence-electron chi connectivity index (χ1n) is 5.14. The Kier molecular flexibility index (Phi) is 2.92. The van der Waals surface area contributed by atoms with Crippen molar-refractivity contribution >= 4 is 49.6 Å². The second-order valence-corrected chi connectivity index (χ2v) is 5.83. The third kappa shape index (κ3) is 2.11. The number of para-hydroxylation sites is 2. The number of nitrogens with one attached hydrogen (secondary N) is 1. The number of nitrogens with zero attached hydrogens (tertiary/aromatic N) is 1. The molecule has 2 nitrogen and oxygen atoms in total. The molecule has 2 aromatic carbocycles. The van der Waals surface area contributed by atoms with Gasteiger partial charge in [-0.2, -0.15) is 0 Å². The summed E-state index contributed by atoms with van der Waals surface area (Å²) in [5.41, 5.74) is 3.15. The van der Waals surface area contributed by atoms with Crippen molar-refractivity contribution in [1.29, 1.82) is 0 Å². The number of hydrogen-bond acceptors (Lipinski definition) is 1. The number of rotatable bonds is 1. The Morgan fingerprint density at radius 3 is 2.76 bits per heavy atom. The van der Waals surface area contributed by atoms with Gasteiger partial charge in [0.05, 0.1) is 11.0 Å². The molecule has 0 spiro atoms. The first-order valence-corrected chi connectivity index (χ1v) is 7.01. The molecule has 17 heavy (non-hydrogen) atoms. The van der Waals surface area contributed by atoms with Gasteiger partial charge in [0.15, 0.2) is 0 Å². The van der Waals surface area contributed by atoms with E-state index in [4.69, 9.17) is 0 Å². The summed E-state index contributed by atoms with van der Waals surface area (Å²) in [6.45, 7) is 0. The van der Waals surface area contributed by atoms with Crippen LogP contribution in [0.5, 0.6) is 0 Å². The van der Waals surface area contributed by atoms with Crippen molar-refractivity contribution in [3.8, 4) is 11.4 Å². The zero-order valence-corrected chi connectivity index (χ0v) is 12.5. The molecular formula is C13H8BrIN2. The predicted molar refractivity (Wildman–Crippen MR) is 81.9 cm³/mol. The van der Waals surface area contributed by atoms with Crippen LogP contribution < -0.4 is 0 Å². The molecular weight excluding hydrogens is 391 g/mol. The molecule has 84 valence electrons. The van der Waals surface area contributed by atoms with Gasteiger partial charge < -0.3 is 4.98 Å². The Hall–Kier alpha value is -0.880. The van der Waals surface area contributed by atoms with Gasteiger partial charge in [-0.3, -0.25) is 0 Å². The number of aromatic amines is 1. The number of aromatic nitrogens is 2. The zero-order valence-electron chi connectivity index (χ0n) is 8.74. The smallest absolute Gasteiger partial charge is 0.139 e. The minimum atomic E-state index is 0.900. The fraction of sp³-hybridized carbons (Fsp3) is 0. The van der Waals surface area contributed by atoms with Crippen LogP contribution in [0.15, 0.2) is 46.9 Å². The fourth-order valence-corrected chi connectivity index (χ4v) is 2.68. The van der Waals surface area contributed by atoms with E-state index in [1.54, 1.807) is 0 Å². The van der Waals surface area contributed by atoms with Crippen LogP contribution in [0, 0.1) is 3.57 Å². The summed E-state index contributed by atoms with van der Waals surface area (Å²) in [5, 5.41) is 0. The summed E-state index contributed by atoms with van der Waals surface area (Å²) < 4.78 is 2.25. The molecule has 0 saturated heterocycles. The van der Waals surface area contributed by atoms with Crippen LogP contribution in [-0.4, -0.2) is 9.97 Å². The Bertz CT molecular complexity index is 658. The highest BCUT2D eigenvalue weighted by Crippen LogP contribution is 2.29. The Balaban J connectivity index is 2.23. The molecule has 3 rings (SSSR count). The molecule has 0 amide bonds. The lowest BCUT2D eigenvalue weighted by Gasteiger charge is -2.01. The Labute approximate surface area is 121 Å². The number of H-pyrrole nitrogens is 1. The second kappa shape index (κ2) is 4.42. The van der Waals surface area contributed by atoms with Gasteiger partial charge in [0.25, 0.3) is 0 Å². The van der Waals surface area contributed by atoms with Gasteiger partial charge in [0, 0.05) is 13.6 Å². The number of imidazole rings is 1. The van der Waals surface area contributed by atoms with E-state index in [-0.39, 0.29) is 0 Å². The average Bonchev–Trinajstić information content (AvgIpc) is 2.75. The van der Waals surface area contributed by atoms with Gasteiger partial charge >= 0.3 is 0 Å². The lowest BCUT2D eigenvalue weighted by Crippen LogP contribution is -1.83. The van der Waals surface area contributed by atoms with E-state index in [9.17, 15) is 0 Å². The zero-order chi connectivity index (χ0) is 11.8. The van der Waals surface area contributed by atoms with Crippen molar-refractivity contribution in [3.05, 3.63) is 50.5 Å². The van der Waals surface area contributed by atoms with Crippen LogP contribution in [-0.2, 0) is 0 Å². The summed E-state index contributed by atoms with van der Waals surface area (Å²) in [6.07, 6.45) is 0. The number of benzene rings is 2. The highest BCUT2D eigenvalue weighted by atomic mass is 127. The van der Waals surface area contributed by atoms with E-state index in [0.29, 0.717) is 0 Å². The van der Waals surface area contributed by atoms with Crippen LogP contribution >= 0.6 is 38.5 Å². The molecule has 0 aliphatic rings. The minimum Gasteiger partial charge on any atom is -0.338 e. The molecule has 0 bridgehead atoms. The fourth-order valence-electron chi connectivity index (χ4n) is 1.76. The van der Waals surface area contributed by atoms with Gasteiger partial charge in [-0.1, -0.05) is 28.1 Å². The van der Waals surface area contributed by atoms with Crippen LogP contribution in [0.2, 0.25) is 0 Å². The molecule has 0 atom stereocenters. The topological polar surface area (TPSA) is 28.7 Å². The SMILES string of the molecule is Brc1ccc(I)cc1-c1nc2ccccc2[nH]1. The van der Waals surface area contributed by atoms with Crippen molar-refractivity contribution in [2.45, 2.75) is 0 Å². The van der Waals surface area contributed by atoms with E-state index in [1.807, 2.05) is 30.3 Å². The molecule has 0 aliphatic heterocycles. The van der Waals surface area contributed by atoms with Crippen LogP contribution in [0.1, 0.15) is 0 Å². The van der Waals surface area contributed by atoms with Crippen LogP contribution in [0.3, 0.4) is 0 Å². The molecule has 0 saturated carbocycles. The van der Waals surface area contributed by atoms with Crippen molar-refractivity contribution in [3.63, 3.8) is 0 Å². The monoisotopic (exact) mass is 398 g/mol. The van der Waals surface area contributed by atoms with E-state index in [2.05, 4.69) is 60.6 Å². The molecule has 1 N–H and O–H groups in total. The molecule has 0 aliphatic carbocycles. The van der Waals surface area contributed by atoms with Crippen molar-refractivity contribution in [2.24, 2.45) is 0 Å². The maximum atomic E-state index is 4.60. The summed E-state index contributed by atoms with van der Waals surface area (Å²) in [7, 11) is 0. The first kappa shape index (κ1) is 11.2. The van der Waals surface area contributed by atoms with Crippen LogP contribution in [0.4, 0.5) is 0 Å². The standard InChI is InChI=1S/C13H8BrIN2/c14-10-6-5-8(15)7-9(10)13-16-11-3-1-2-4-12(11)17-13/h1-7H,(H,16,17). The average molecular weight is 399 g/mol. The third-order valence-corrected chi connectivity index (χ3v) is 3.94. The largest absolute Gasteiger partial charge is 0.338 e. The van der Waals surface area contributed by atoms with E-state index in [0.717, 1.165) is 26.9 Å². The molecule has 0 fully saturated rings. The van der Waals surface area contributed by atoms with Crippen molar-refractivity contribution in [1.82, 2.24) is 9.97 Å². The lowest BCUT2D eigenvalue weighted by molar-refractivity contribution is 1.32.